The Morgan fingerprint density at radius 1 is 1.21 bits per heavy atom. The molecule has 1 aliphatic heterocycles. The summed E-state index contributed by atoms with van der Waals surface area (Å²) >= 11 is 0. The van der Waals surface area contributed by atoms with Gasteiger partial charge in [-0.3, -0.25) is 9.59 Å². The van der Waals surface area contributed by atoms with Gasteiger partial charge in [-0.1, -0.05) is 19.4 Å². The van der Waals surface area contributed by atoms with Crippen LogP contribution < -0.4 is 19.5 Å². The Balaban J connectivity index is 1.80. The molecule has 0 radical (unpaired) electrons. The van der Waals surface area contributed by atoms with Crippen molar-refractivity contribution in [2.75, 3.05) is 12.5 Å². The second kappa shape index (κ2) is 9.74. The third-order valence-corrected chi connectivity index (χ3v) is 5.58. The number of ether oxygens (including phenoxy) is 3. The van der Waals surface area contributed by atoms with E-state index in [4.69, 9.17) is 14.2 Å². The lowest BCUT2D eigenvalue weighted by Gasteiger charge is -2.17. The van der Waals surface area contributed by atoms with Crippen LogP contribution in [0.3, 0.4) is 0 Å². The number of hydrogen-bond acceptors (Lipinski definition) is 7. The highest BCUT2D eigenvalue weighted by molar-refractivity contribution is 7.89. The molecule has 0 saturated carbocycles. The second-order valence-electron chi connectivity index (χ2n) is 6.50. The lowest BCUT2D eigenvalue weighted by Crippen LogP contribution is -2.44. The van der Waals surface area contributed by atoms with Gasteiger partial charge in [0.2, 0.25) is 16.8 Å². The van der Waals surface area contributed by atoms with Gasteiger partial charge in [0.25, 0.3) is 5.91 Å². The van der Waals surface area contributed by atoms with Crippen LogP contribution in [0.5, 0.6) is 11.5 Å². The topological polar surface area (TPSA) is 120 Å². The van der Waals surface area contributed by atoms with Crippen molar-refractivity contribution in [3.05, 3.63) is 23.8 Å². The predicted octanol–water partition coefficient (Wildman–Crippen LogP) is 1.07. The van der Waals surface area contributed by atoms with Crippen molar-refractivity contribution < 1.29 is 32.2 Å². The van der Waals surface area contributed by atoms with E-state index < -0.39 is 34.0 Å². The maximum atomic E-state index is 12.2. The van der Waals surface area contributed by atoms with Crippen LogP contribution in [0.4, 0.5) is 0 Å². The molecule has 1 amide bonds. The van der Waals surface area contributed by atoms with Gasteiger partial charge in [0.15, 0.2) is 17.6 Å². The number of hydrogen-bond donors (Lipinski definition) is 2. The first-order valence-corrected chi connectivity index (χ1v) is 10.7. The van der Waals surface area contributed by atoms with Crippen LogP contribution in [0.25, 0.3) is 0 Å². The zero-order chi connectivity index (χ0) is 20.7. The number of fused-ring (bicyclic) bond motifs is 1. The minimum atomic E-state index is -3.57. The van der Waals surface area contributed by atoms with Crippen LogP contribution in [0.15, 0.2) is 18.2 Å². The number of nitrogens with one attached hydrogen (secondary N) is 2. The average Bonchev–Trinajstić information content (AvgIpc) is 3.11. The Labute approximate surface area is 164 Å². The van der Waals surface area contributed by atoms with E-state index in [0.717, 1.165) is 12.0 Å². The van der Waals surface area contributed by atoms with Gasteiger partial charge in [-0.05, 0) is 38.0 Å². The van der Waals surface area contributed by atoms with Crippen molar-refractivity contribution in [2.24, 2.45) is 0 Å². The molecule has 9 nitrogen and oxygen atoms in total. The molecule has 1 aromatic rings. The Morgan fingerprint density at radius 2 is 1.93 bits per heavy atom. The molecule has 156 valence electrons. The molecule has 0 unspecified atom stereocenters. The summed E-state index contributed by atoms with van der Waals surface area (Å²) in [6.45, 7) is 5.06. The molecular formula is C18H26N2O7S. The summed E-state index contributed by atoms with van der Waals surface area (Å²) in [5.41, 5.74) is 0.799. The largest absolute Gasteiger partial charge is 0.454 e. The molecule has 0 aliphatic carbocycles. The molecule has 0 fully saturated rings. The van der Waals surface area contributed by atoms with E-state index in [2.05, 4.69) is 10.0 Å². The van der Waals surface area contributed by atoms with Crippen molar-refractivity contribution in [3.8, 4) is 11.5 Å². The average molecular weight is 414 g/mol. The predicted molar refractivity (Wildman–Crippen MR) is 101 cm³/mol. The smallest absolute Gasteiger partial charge is 0.324 e. The van der Waals surface area contributed by atoms with Crippen molar-refractivity contribution in [3.63, 3.8) is 0 Å². The highest BCUT2D eigenvalue weighted by Gasteiger charge is 2.25. The minimum absolute atomic E-state index is 0.0628. The number of carbonyl (C=O) groups excluding carboxylic acids is 2. The van der Waals surface area contributed by atoms with E-state index in [0.29, 0.717) is 17.9 Å². The first kappa shape index (κ1) is 22.0. The first-order valence-electron chi connectivity index (χ1n) is 9.08. The molecule has 2 atom stereocenters. The van der Waals surface area contributed by atoms with Gasteiger partial charge in [0.1, 0.15) is 6.04 Å². The van der Waals surface area contributed by atoms with Crippen LogP contribution in [-0.4, -0.2) is 45.0 Å². The molecule has 1 aliphatic rings. The van der Waals surface area contributed by atoms with Gasteiger partial charge >= 0.3 is 5.97 Å². The molecule has 1 aromatic carbocycles. The van der Waals surface area contributed by atoms with Crippen LogP contribution >= 0.6 is 0 Å². The van der Waals surface area contributed by atoms with Crippen molar-refractivity contribution in [1.29, 1.82) is 0 Å². The molecule has 10 heteroatoms. The molecule has 2 N–H and O–H groups in total. The van der Waals surface area contributed by atoms with Crippen LogP contribution in [0, 0.1) is 0 Å². The van der Waals surface area contributed by atoms with Crippen molar-refractivity contribution in [1.82, 2.24) is 10.0 Å². The molecule has 2 rings (SSSR count). The zero-order valence-corrected chi connectivity index (χ0v) is 17.0. The molecule has 0 spiro atoms. The molecule has 1 heterocycles. The van der Waals surface area contributed by atoms with E-state index in [1.165, 1.54) is 13.8 Å². The summed E-state index contributed by atoms with van der Waals surface area (Å²) in [5, 5.41) is 2.66. The van der Waals surface area contributed by atoms with Crippen molar-refractivity contribution >= 4 is 21.9 Å². The van der Waals surface area contributed by atoms with E-state index in [1.54, 1.807) is 18.2 Å². The van der Waals surface area contributed by atoms with E-state index in [-0.39, 0.29) is 19.1 Å². The zero-order valence-electron chi connectivity index (χ0n) is 16.2. The minimum Gasteiger partial charge on any atom is -0.454 e. The molecule has 0 aromatic heterocycles. The lowest BCUT2D eigenvalue weighted by molar-refractivity contribution is -0.156. The van der Waals surface area contributed by atoms with Gasteiger partial charge in [0, 0.05) is 6.54 Å². The van der Waals surface area contributed by atoms with E-state index >= 15 is 0 Å². The fourth-order valence-corrected chi connectivity index (χ4v) is 3.85. The third-order valence-electron chi connectivity index (χ3n) is 4.04. The fourth-order valence-electron chi connectivity index (χ4n) is 2.42. The van der Waals surface area contributed by atoms with E-state index in [1.807, 2.05) is 6.92 Å². The summed E-state index contributed by atoms with van der Waals surface area (Å²) in [7, 11) is -3.57. The summed E-state index contributed by atoms with van der Waals surface area (Å²) in [6, 6.07) is 4.22. The molecular weight excluding hydrogens is 388 g/mol. The van der Waals surface area contributed by atoms with Gasteiger partial charge in [-0.2, -0.15) is 0 Å². The van der Waals surface area contributed by atoms with E-state index in [9.17, 15) is 18.0 Å². The number of benzene rings is 1. The summed E-state index contributed by atoms with van der Waals surface area (Å²) in [6.07, 6.45) is 0.153. The Hall–Kier alpha value is -2.33. The highest BCUT2D eigenvalue weighted by Crippen LogP contribution is 2.32. The standard InChI is InChI=1S/C18H26N2O7S/c1-4-5-8-28(23,24)20-12(2)18(22)27-13(3)17(21)19-10-14-6-7-15-16(9-14)26-11-25-15/h6-7,9,12-13,20H,4-5,8,10-11H2,1-3H3,(H,19,21)/t12-,13-/m0/s1. The third kappa shape index (κ3) is 6.38. The van der Waals surface area contributed by atoms with Crippen LogP contribution in [0.2, 0.25) is 0 Å². The van der Waals surface area contributed by atoms with Crippen LogP contribution in [0.1, 0.15) is 39.2 Å². The summed E-state index contributed by atoms with van der Waals surface area (Å²) in [5.74, 6) is -0.117. The quantitative estimate of drug-likeness (QED) is 0.550. The lowest BCUT2D eigenvalue weighted by atomic mass is 10.2. The molecule has 0 saturated heterocycles. The first-order chi connectivity index (χ1) is 13.2. The Kier molecular flexibility index (Phi) is 7.64. The number of esters is 1. The fraction of sp³-hybridized carbons (Fsp3) is 0.556. The normalized spacial score (nSPS) is 15.0. The molecule has 28 heavy (non-hydrogen) atoms. The number of amides is 1. The highest BCUT2D eigenvalue weighted by atomic mass is 32.2. The number of unbranched alkanes of at least 4 members (excludes halogenated alkanes) is 1. The van der Waals surface area contributed by atoms with Gasteiger partial charge in [-0.15, -0.1) is 0 Å². The van der Waals surface area contributed by atoms with Gasteiger partial charge in [0.05, 0.1) is 5.75 Å². The monoisotopic (exact) mass is 414 g/mol. The van der Waals surface area contributed by atoms with Gasteiger partial charge < -0.3 is 19.5 Å². The number of sulfonamides is 1. The Morgan fingerprint density at radius 3 is 2.64 bits per heavy atom. The summed E-state index contributed by atoms with van der Waals surface area (Å²) < 4.78 is 41.5. The SMILES string of the molecule is CCCCS(=O)(=O)N[C@@H](C)C(=O)O[C@@H](C)C(=O)NCc1ccc2c(c1)OCO2. The van der Waals surface area contributed by atoms with Crippen LogP contribution in [-0.2, 0) is 30.9 Å². The number of rotatable bonds is 10. The number of carbonyl (C=O) groups is 2. The molecule has 0 bridgehead atoms. The second-order valence-corrected chi connectivity index (χ2v) is 8.37. The maximum absolute atomic E-state index is 12.2. The van der Waals surface area contributed by atoms with Crippen molar-refractivity contribution in [2.45, 2.75) is 52.3 Å². The Bertz CT molecular complexity index is 810. The van der Waals surface area contributed by atoms with Gasteiger partial charge in [-0.25, -0.2) is 13.1 Å². The summed E-state index contributed by atoms with van der Waals surface area (Å²) in [4.78, 5) is 24.2. The maximum Gasteiger partial charge on any atom is 0.324 e.